The molecular formula is C38H40Cl2N10O6S2. The van der Waals surface area contributed by atoms with Crippen LogP contribution in [0.4, 0.5) is 11.6 Å². The van der Waals surface area contributed by atoms with Gasteiger partial charge in [0.2, 0.25) is 20.0 Å². The van der Waals surface area contributed by atoms with E-state index in [0.717, 1.165) is 11.1 Å². The number of hydrogen-bond donors (Lipinski definition) is 8. The fraction of sp³-hybridized carbons (Fsp3) is 0.158. The van der Waals surface area contributed by atoms with Crippen molar-refractivity contribution in [1.29, 1.82) is 0 Å². The van der Waals surface area contributed by atoms with Crippen molar-refractivity contribution in [2.75, 3.05) is 0 Å². The SMILES string of the molecule is C[C@H](Cc1ccccc1)NS(=O)(=O)c1ccc2c(Cl)cnc(N=C(N)N)c2c1.NC(N)=Nc1ncc(Cl)c2ccc(S(=O)(=O)N[C@@H](Cc3ccccc3)C(O)O)cc12. The number of hydrogen-bond acceptors (Lipinski definition) is 10. The number of sulfonamides is 2. The van der Waals surface area contributed by atoms with E-state index >= 15 is 0 Å². The van der Waals surface area contributed by atoms with Crippen LogP contribution < -0.4 is 32.4 Å². The molecule has 0 radical (unpaired) electrons. The van der Waals surface area contributed by atoms with E-state index in [1.807, 2.05) is 37.3 Å². The van der Waals surface area contributed by atoms with Gasteiger partial charge in [0, 0.05) is 40.0 Å². The molecule has 4 aromatic carbocycles. The number of nitrogens with zero attached hydrogens (tertiary/aromatic N) is 4. The largest absolute Gasteiger partial charge is 0.370 e. The fourth-order valence-corrected chi connectivity index (χ4v) is 8.75. The van der Waals surface area contributed by atoms with E-state index in [2.05, 4.69) is 29.4 Å². The molecule has 58 heavy (non-hydrogen) atoms. The Morgan fingerprint density at radius 3 is 1.47 bits per heavy atom. The summed E-state index contributed by atoms with van der Waals surface area (Å²) in [5.41, 5.74) is 23.5. The quantitative estimate of drug-likeness (QED) is 0.0469. The van der Waals surface area contributed by atoms with E-state index in [9.17, 15) is 27.0 Å². The third-order valence-electron chi connectivity index (χ3n) is 8.38. The summed E-state index contributed by atoms with van der Waals surface area (Å²) in [4.78, 5) is 15.9. The Balaban J connectivity index is 0.000000221. The van der Waals surface area contributed by atoms with Crippen molar-refractivity contribution in [3.05, 3.63) is 131 Å². The zero-order valence-electron chi connectivity index (χ0n) is 30.7. The van der Waals surface area contributed by atoms with Gasteiger partial charge in [0.05, 0.1) is 25.9 Å². The molecule has 0 fully saturated rings. The van der Waals surface area contributed by atoms with Gasteiger partial charge in [0.1, 0.15) is 0 Å². The van der Waals surface area contributed by atoms with Gasteiger partial charge in [-0.25, -0.2) is 36.2 Å². The van der Waals surface area contributed by atoms with Gasteiger partial charge >= 0.3 is 0 Å². The zero-order chi connectivity index (χ0) is 42.2. The summed E-state index contributed by atoms with van der Waals surface area (Å²) < 4.78 is 56.6. The van der Waals surface area contributed by atoms with Crippen LogP contribution in [0.25, 0.3) is 21.5 Å². The maximum Gasteiger partial charge on any atom is 0.241 e. The molecule has 0 aliphatic rings. The first-order valence-corrected chi connectivity index (χ1v) is 21.0. The van der Waals surface area contributed by atoms with Gasteiger partial charge in [-0.1, -0.05) is 96.0 Å². The van der Waals surface area contributed by atoms with Crippen LogP contribution >= 0.6 is 23.2 Å². The Morgan fingerprint density at radius 2 is 1.05 bits per heavy atom. The Labute approximate surface area is 344 Å². The van der Waals surface area contributed by atoms with Crippen LogP contribution in [-0.2, 0) is 32.9 Å². The van der Waals surface area contributed by atoms with Gasteiger partial charge in [-0.3, -0.25) is 0 Å². The highest BCUT2D eigenvalue weighted by Crippen LogP contribution is 2.33. The average molecular weight is 868 g/mol. The predicted molar refractivity (Wildman–Crippen MR) is 227 cm³/mol. The molecule has 0 bridgehead atoms. The van der Waals surface area contributed by atoms with E-state index in [1.165, 1.54) is 42.7 Å². The molecule has 0 saturated heterocycles. The number of nitrogens with one attached hydrogen (secondary N) is 2. The number of benzene rings is 4. The molecule has 6 rings (SSSR count). The van der Waals surface area contributed by atoms with Crippen molar-refractivity contribution < 1.29 is 27.0 Å². The highest BCUT2D eigenvalue weighted by Gasteiger charge is 2.26. The maximum absolute atomic E-state index is 12.9. The van der Waals surface area contributed by atoms with Gasteiger partial charge < -0.3 is 33.1 Å². The molecule has 304 valence electrons. The third kappa shape index (κ3) is 11.4. The molecule has 12 N–H and O–H groups in total. The van der Waals surface area contributed by atoms with Crippen LogP contribution in [0.1, 0.15) is 18.1 Å². The molecule has 0 aliphatic heterocycles. The van der Waals surface area contributed by atoms with E-state index in [0.29, 0.717) is 38.0 Å². The summed E-state index contributed by atoms with van der Waals surface area (Å²) in [7, 11) is -7.89. The van der Waals surface area contributed by atoms with Gasteiger partial charge in [0.15, 0.2) is 29.8 Å². The smallest absolute Gasteiger partial charge is 0.241 e. The van der Waals surface area contributed by atoms with Crippen molar-refractivity contribution in [3.8, 4) is 0 Å². The number of rotatable bonds is 13. The summed E-state index contributed by atoms with van der Waals surface area (Å²) in [6, 6.07) is 25.8. The van der Waals surface area contributed by atoms with Gasteiger partial charge in [0.25, 0.3) is 0 Å². The van der Waals surface area contributed by atoms with Crippen molar-refractivity contribution in [1.82, 2.24) is 19.4 Å². The topological polar surface area (TPSA) is 287 Å². The summed E-state index contributed by atoms with van der Waals surface area (Å²) >= 11 is 12.3. The number of aliphatic hydroxyl groups excluding tert-OH is 1. The molecule has 0 aliphatic carbocycles. The minimum absolute atomic E-state index is 0.0796. The predicted octanol–water partition coefficient (Wildman–Crippen LogP) is 3.70. The molecule has 0 spiro atoms. The van der Waals surface area contributed by atoms with E-state index < -0.39 is 32.4 Å². The molecule has 16 nitrogen and oxygen atoms in total. The normalized spacial score (nSPS) is 12.7. The maximum atomic E-state index is 12.9. The molecule has 2 heterocycles. The highest BCUT2D eigenvalue weighted by atomic mass is 35.5. The summed E-state index contributed by atoms with van der Waals surface area (Å²) in [6.45, 7) is 1.81. The monoisotopic (exact) mass is 866 g/mol. The Hall–Kier alpha value is -5.44. The first-order chi connectivity index (χ1) is 27.4. The second-order valence-corrected chi connectivity index (χ2v) is 17.1. The van der Waals surface area contributed by atoms with Crippen molar-refractivity contribution in [2.24, 2.45) is 32.9 Å². The number of fused-ring (bicyclic) bond motifs is 2. The number of aromatic nitrogens is 2. The molecule has 20 heteroatoms. The number of guanidine groups is 2. The molecule has 6 aromatic rings. The highest BCUT2D eigenvalue weighted by molar-refractivity contribution is 7.89. The number of pyridine rings is 2. The van der Waals surface area contributed by atoms with E-state index in [-0.39, 0.29) is 45.8 Å². The van der Waals surface area contributed by atoms with Crippen LogP contribution in [0.5, 0.6) is 0 Å². The lowest BCUT2D eigenvalue weighted by atomic mass is 10.1. The molecule has 2 aromatic heterocycles. The second-order valence-electron chi connectivity index (χ2n) is 12.9. The molecule has 0 amide bonds. The minimum atomic E-state index is -4.13. The lowest BCUT2D eigenvalue weighted by molar-refractivity contribution is -0.0616. The first kappa shape index (κ1) is 43.7. The van der Waals surface area contributed by atoms with Crippen molar-refractivity contribution in [3.63, 3.8) is 0 Å². The van der Waals surface area contributed by atoms with Crippen LogP contribution in [-0.4, -0.2) is 67.3 Å². The van der Waals surface area contributed by atoms with Gasteiger partial charge in [-0.05, 0) is 55.2 Å². The lowest BCUT2D eigenvalue weighted by Crippen LogP contribution is -2.44. The van der Waals surface area contributed by atoms with Crippen molar-refractivity contribution in [2.45, 2.75) is 47.9 Å². The van der Waals surface area contributed by atoms with Crippen LogP contribution in [0.2, 0.25) is 10.0 Å². The molecule has 0 unspecified atom stereocenters. The van der Waals surface area contributed by atoms with Gasteiger partial charge in [-0.2, -0.15) is 9.98 Å². The average Bonchev–Trinajstić information content (AvgIpc) is 3.17. The Bertz CT molecular complexity index is 2680. The first-order valence-electron chi connectivity index (χ1n) is 17.3. The summed E-state index contributed by atoms with van der Waals surface area (Å²) in [6.07, 6.45) is 1.52. The summed E-state index contributed by atoms with van der Waals surface area (Å²) in [5, 5.41) is 21.9. The lowest BCUT2D eigenvalue weighted by Gasteiger charge is -2.21. The van der Waals surface area contributed by atoms with Crippen molar-refractivity contribution >= 4 is 88.3 Å². The molecule has 2 atom stereocenters. The van der Waals surface area contributed by atoms with Crippen LogP contribution in [0.15, 0.2) is 129 Å². The number of nitrogens with two attached hydrogens (primary N) is 4. The number of halogens is 2. The molecular weight excluding hydrogens is 828 g/mol. The van der Waals surface area contributed by atoms with E-state index in [4.69, 9.17) is 46.1 Å². The standard InChI is InChI=1S/C19H20ClN5O4S.C19H20ClN5O2S/c20-15-10-23-17(24-19(21)22)14-9-12(6-7-13(14)15)30(28,29)25-16(18(26)27)8-11-4-2-1-3-5-11;1-12(9-13-5-3-2-4-6-13)25-28(26,27)14-7-8-15-16(10-14)18(24-19(21)22)23-11-17(15)20/h1-7,9-10,16,18,25-27H,8H2,(H4,21,22,23,24);2-8,10-12,25H,9H2,1H3,(H4,21,22,23,24)/t16-;12-/m01/s1. The Kier molecular flexibility index (Phi) is 14.2. The van der Waals surface area contributed by atoms with Gasteiger partial charge in [-0.15, -0.1) is 0 Å². The number of aliphatic hydroxyl groups is 2. The third-order valence-corrected chi connectivity index (χ3v) is 12.1. The fourth-order valence-electron chi connectivity index (χ4n) is 5.79. The second kappa shape index (κ2) is 18.9. The number of aliphatic imine (C=N–C) groups is 2. The van der Waals surface area contributed by atoms with Crippen LogP contribution in [0, 0.1) is 0 Å². The molecule has 0 saturated carbocycles. The van der Waals surface area contributed by atoms with Crippen LogP contribution in [0.3, 0.4) is 0 Å². The Morgan fingerprint density at radius 1 is 0.638 bits per heavy atom. The zero-order valence-corrected chi connectivity index (χ0v) is 33.9. The summed E-state index contributed by atoms with van der Waals surface area (Å²) in [5.74, 6) is -0.119. The minimum Gasteiger partial charge on any atom is -0.370 e. The van der Waals surface area contributed by atoms with E-state index in [1.54, 1.807) is 36.4 Å².